The smallest absolute Gasteiger partial charge is 0.260 e. The Balaban J connectivity index is 1.29. The number of aryl methyl sites for hydroxylation is 1. The maximum Gasteiger partial charge on any atom is 0.260 e. The minimum Gasteiger partial charge on any atom is -0.484 e. The first-order chi connectivity index (χ1) is 14.7. The lowest BCUT2D eigenvalue weighted by Gasteiger charge is -2.30. The van der Waals surface area contributed by atoms with Gasteiger partial charge in [-0.15, -0.1) is 0 Å². The molecule has 2 saturated heterocycles. The third kappa shape index (κ3) is 5.42. The molecule has 3 heterocycles. The Hall–Kier alpha value is -2.34. The van der Waals surface area contributed by atoms with Gasteiger partial charge in [-0.05, 0) is 68.2 Å². The van der Waals surface area contributed by atoms with Gasteiger partial charge in [-0.3, -0.25) is 4.79 Å². The standard InChI is InChI=1S/C24H33N3O3/c1-19-8-12-26(13-9-19)23(28)18-30-22-6-4-21(5-7-22)24-25-11-15-27(24)14-10-20-3-2-16-29-17-20/h4-7,11,15,19-20H,2-3,8-10,12-14,16-18H2,1H3. The van der Waals surface area contributed by atoms with Crippen LogP contribution in [0.3, 0.4) is 0 Å². The van der Waals surface area contributed by atoms with E-state index in [9.17, 15) is 4.79 Å². The summed E-state index contributed by atoms with van der Waals surface area (Å²) in [5.74, 6) is 3.12. The molecule has 0 radical (unpaired) electrons. The summed E-state index contributed by atoms with van der Waals surface area (Å²) >= 11 is 0. The summed E-state index contributed by atoms with van der Waals surface area (Å²) in [5, 5.41) is 0. The van der Waals surface area contributed by atoms with Crippen LogP contribution in [0.5, 0.6) is 5.75 Å². The van der Waals surface area contributed by atoms with Gasteiger partial charge in [-0.25, -0.2) is 4.98 Å². The second kappa shape index (κ2) is 10.1. The molecule has 4 rings (SSSR count). The van der Waals surface area contributed by atoms with Crippen LogP contribution in [0, 0.1) is 11.8 Å². The van der Waals surface area contributed by atoms with Crippen molar-refractivity contribution in [1.82, 2.24) is 14.5 Å². The number of carbonyl (C=O) groups excluding carboxylic acids is 1. The van der Waals surface area contributed by atoms with Gasteiger partial charge in [0.05, 0.1) is 0 Å². The highest BCUT2D eigenvalue weighted by Gasteiger charge is 2.20. The highest BCUT2D eigenvalue weighted by molar-refractivity contribution is 5.77. The zero-order valence-corrected chi connectivity index (χ0v) is 18.0. The summed E-state index contributed by atoms with van der Waals surface area (Å²) in [5.41, 5.74) is 1.06. The Morgan fingerprint density at radius 1 is 1.20 bits per heavy atom. The van der Waals surface area contributed by atoms with E-state index in [4.69, 9.17) is 9.47 Å². The number of nitrogens with zero attached hydrogens (tertiary/aromatic N) is 3. The van der Waals surface area contributed by atoms with Crippen LogP contribution >= 0.6 is 0 Å². The lowest BCUT2D eigenvalue weighted by molar-refractivity contribution is -0.134. The maximum atomic E-state index is 12.4. The third-order valence-corrected chi connectivity index (χ3v) is 6.36. The summed E-state index contributed by atoms with van der Waals surface area (Å²) in [6.45, 7) is 6.77. The highest BCUT2D eigenvalue weighted by Crippen LogP contribution is 2.24. The van der Waals surface area contributed by atoms with E-state index in [0.717, 1.165) is 69.2 Å². The molecule has 2 aliphatic rings. The number of rotatable bonds is 7. The molecular formula is C24H33N3O3. The Morgan fingerprint density at radius 3 is 2.73 bits per heavy atom. The second-order valence-electron chi connectivity index (χ2n) is 8.69. The van der Waals surface area contributed by atoms with Gasteiger partial charge in [-0.1, -0.05) is 6.92 Å². The van der Waals surface area contributed by atoms with Gasteiger partial charge < -0.3 is 18.9 Å². The lowest BCUT2D eigenvalue weighted by atomic mass is 9.99. The lowest BCUT2D eigenvalue weighted by Crippen LogP contribution is -2.40. The number of aromatic nitrogens is 2. The average molecular weight is 412 g/mol. The Kier molecular flexibility index (Phi) is 7.05. The molecule has 1 amide bonds. The van der Waals surface area contributed by atoms with Crippen molar-refractivity contribution in [3.05, 3.63) is 36.7 Å². The number of piperidine rings is 1. The van der Waals surface area contributed by atoms with Crippen molar-refractivity contribution in [1.29, 1.82) is 0 Å². The van der Waals surface area contributed by atoms with E-state index in [0.29, 0.717) is 11.8 Å². The van der Waals surface area contributed by atoms with Gasteiger partial charge in [0.2, 0.25) is 0 Å². The van der Waals surface area contributed by atoms with Crippen molar-refractivity contribution in [2.45, 2.75) is 45.6 Å². The third-order valence-electron chi connectivity index (χ3n) is 6.36. The number of amides is 1. The van der Waals surface area contributed by atoms with Crippen molar-refractivity contribution in [3.8, 4) is 17.1 Å². The molecule has 162 valence electrons. The van der Waals surface area contributed by atoms with Gasteiger partial charge in [0.1, 0.15) is 11.6 Å². The van der Waals surface area contributed by atoms with Gasteiger partial charge in [0.15, 0.2) is 6.61 Å². The van der Waals surface area contributed by atoms with Crippen molar-refractivity contribution in [3.63, 3.8) is 0 Å². The van der Waals surface area contributed by atoms with Crippen molar-refractivity contribution in [2.24, 2.45) is 11.8 Å². The van der Waals surface area contributed by atoms with Crippen LogP contribution in [-0.2, 0) is 16.1 Å². The van der Waals surface area contributed by atoms with E-state index >= 15 is 0 Å². The SMILES string of the molecule is CC1CCN(C(=O)COc2ccc(-c3nccn3CCC3CCCOC3)cc2)CC1. The highest BCUT2D eigenvalue weighted by atomic mass is 16.5. The monoisotopic (exact) mass is 411 g/mol. The predicted octanol–water partition coefficient (Wildman–Crippen LogP) is 4.00. The number of hydrogen-bond donors (Lipinski definition) is 0. The molecule has 1 atom stereocenters. The zero-order chi connectivity index (χ0) is 20.8. The summed E-state index contributed by atoms with van der Waals surface area (Å²) in [4.78, 5) is 18.8. The molecule has 1 aromatic carbocycles. The summed E-state index contributed by atoms with van der Waals surface area (Å²) in [6.07, 6.45) is 9.61. The number of ether oxygens (including phenoxy) is 2. The fourth-order valence-corrected chi connectivity index (χ4v) is 4.30. The number of hydrogen-bond acceptors (Lipinski definition) is 4. The molecule has 0 bridgehead atoms. The minimum absolute atomic E-state index is 0.0770. The fourth-order valence-electron chi connectivity index (χ4n) is 4.30. The normalized spacial score (nSPS) is 20.3. The first kappa shape index (κ1) is 20.9. The topological polar surface area (TPSA) is 56.6 Å². The van der Waals surface area contributed by atoms with Crippen molar-refractivity contribution in [2.75, 3.05) is 32.9 Å². The molecule has 30 heavy (non-hydrogen) atoms. The number of benzene rings is 1. The molecule has 1 aromatic heterocycles. The second-order valence-corrected chi connectivity index (χ2v) is 8.69. The molecule has 0 aliphatic carbocycles. The van der Waals surface area contributed by atoms with E-state index in [1.54, 1.807) is 0 Å². The molecule has 2 aliphatic heterocycles. The Bertz CT molecular complexity index is 803. The van der Waals surface area contributed by atoms with Crippen LogP contribution in [0.1, 0.15) is 39.0 Å². The van der Waals surface area contributed by atoms with Crippen LogP contribution in [0.15, 0.2) is 36.7 Å². The van der Waals surface area contributed by atoms with E-state index in [-0.39, 0.29) is 12.5 Å². The molecule has 0 N–H and O–H groups in total. The average Bonchev–Trinajstić information content (AvgIpc) is 3.26. The van der Waals surface area contributed by atoms with E-state index in [1.807, 2.05) is 41.6 Å². The summed E-state index contributed by atoms with van der Waals surface area (Å²) < 4.78 is 13.6. The first-order valence-electron chi connectivity index (χ1n) is 11.3. The number of imidazole rings is 1. The Labute approximate surface area is 179 Å². The summed E-state index contributed by atoms with van der Waals surface area (Å²) in [7, 11) is 0. The van der Waals surface area contributed by atoms with Crippen LogP contribution < -0.4 is 4.74 Å². The summed E-state index contributed by atoms with van der Waals surface area (Å²) in [6, 6.07) is 7.89. The fraction of sp³-hybridized carbons (Fsp3) is 0.583. The zero-order valence-electron chi connectivity index (χ0n) is 18.0. The predicted molar refractivity (Wildman–Crippen MR) is 116 cm³/mol. The van der Waals surface area contributed by atoms with E-state index < -0.39 is 0 Å². The molecule has 6 nitrogen and oxygen atoms in total. The van der Waals surface area contributed by atoms with Crippen LogP contribution in [0.25, 0.3) is 11.4 Å². The molecule has 6 heteroatoms. The van der Waals surface area contributed by atoms with Crippen molar-refractivity contribution >= 4 is 5.91 Å². The quantitative estimate of drug-likeness (QED) is 0.691. The van der Waals surface area contributed by atoms with Gasteiger partial charge in [0.25, 0.3) is 5.91 Å². The molecular weight excluding hydrogens is 378 g/mol. The first-order valence-corrected chi connectivity index (χ1v) is 11.3. The van der Waals surface area contributed by atoms with Crippen LogP contribution in [0.4, 0.5) is 0 Å². The number of likely N-dealkylation sites (tertiary alicyclic amines) is 1. The van der Waals surface area contributed by atoms with E-state index in [1.165, 1.54) is 12.8 Å². The maximum absolute atomic E-state index is 12.4. The molecule has 0 spiro atoms. The van der Waals surface area contributed by atoms with Gasteiger partial charge in [-0.2, -0.15) is 0 Å². The number of carbonyl (C=O) groups is 1. The Morgan fingerprint density at radius 2 is 2.00 bits per heavy atom. The minimum atomic E-state index is 0.0770. The van der Waals surface area contributed by atoms with Crippen LogP contribution in [0.2, 0.25) is 0 Å². The molecule has 1 unspecified atom stereocenters. The molecule has 2 fully saturated rings. The van der Waals surface area contributed by atoms with Gasteiger partial charge in [0, 0.05) is 50.8 Å². The largest absolute Gasteiger partial charge is 0.484 e. The van der Waals surface area contributed by atoms with E-state index in [2.05, 4.69) is 16.5 Å². The van der Waals surface area contributed by atoms with Crippen LogP contribution in [-0.4, -0.2) is 53.3 Å². The van der Waals surface area contributed by atoms with Gasteiger partial charge >= 0.3 is 0 Å². The van der Waals surface area contributed by atoms with Crippen molar-refractivity contribution < 1.29 is 14.3 Å². The molecule has 2 aromatic rings. The molecule has 0 saturated carbocycles.